The second-order valence-electron chi connectivity index (χ2n) is 6.13. The van der Waals surface area contributed by atoms with Gasteiger partial charge in [-0.3, -0.25) is 4.79 Å². The molecule has 0 unspecified atom stereocenters. The highest BCUT2D eigenvalue weighted by Crippen LogP contribution is 2.27. The van der Waals surface area contributed by atoms with Crippen molar-refractivity contribution in [1.82, 2.24) is 9.88 Å². The molecule has 1 saturated heterocycles. The summed E-state index contributed by atoms with van der Waals surface area (Å²) in [5.41, 5.74) is 7.49. The van der Waals surface area contributed by atoms with Gasteiger partial charge in [0, 0.05) is 29.6 Å². The minimum Gasteiger partial charge on any atom is -0.494 e. The van der Waals surface area contributed by atoms with Crippen molar-refractivity contribution in [2.75, 3.05) is 13.2 Å². The molecule has 1 fully saturated rings. The Labute approximate surface area is 146 Å². The van der Waals surface area contributed by atoms with Crippen LogP contribution in [0.1, 0.15) is 37.2 Å². The summed E-state index contributed by atoms with van der Waals surface area (Å²) in [7, 11) is 0. The molecule has 0 spiro atoms. The molecular formula is C18H23N3O2S. The number of likely N-dealkylation sites (tertiary alicyclic amines) is 1. The van der Waals surface area contributed by atoms with Gasteiger partial charge in [-0.2, -0.15) is 0 Å². The minimum atomic E-state index is 0.00263. The molecule has 2 N–H and O–H groups in total. The number of hydrogen-bond donors (Lipinski definition) is 1. The minimum absolute atomic E-state index is 0.00263. The topological polar surface area (TPSA) is 68.5 Å². The van der Waals surface area contributed by atoms with E-state index in [1.54, 1.807) is 0 Å². The summed E-state index contributed by atoms with van der Waals surface area (Å²) < 4.78 is 5.45. The summed E-state index contributed by atoms with van der Waals surface area (Å²) in [6.45, 7) is 5.36. The first-order chi connectivity index (χ1) is 11.6. The van der Waals surface area contributed by atoms with Crippen LogP contribution in [-0.2, 0) is 0 Å². The second kappa shape index (κ2) is 7.32. The van der Waals surface area contributed by atoms with Crippen LogP contribution in [0.3, 0.4) is 0 Å². The zero-order valence-corrected chi connectivity index (χ0v) is 14.9. The molecule has 5 nitrogen and oxygen atoms in total. The van der Waals surface area contributed by atoms with Gasteiger partial charge in [-0.25, -0.2) is 4.98 Å². The summed E-state index contributed by atoms with van der Waals surface area (Å²) in [5, 5.41) is 2.69. The average molecular weight is 345 g/mol. The number of rotatable bonds is 4. The highest BCUT2D eigenvalue weighted by molar-refractivity contribution is 7.13. The molecule has 1 aliphatic heterocycles. The summed E-state index contributed by atoms with van der Waals surface area (Å²) in [6.07, 6.45) is 1.70. The van der Waals surface area contributed by atoms with E-state index in [4.69, 9.17) is 10.5 Å². The van der Waals surface area contributed by atoms with Crippen LogP contribution in [0.25, 0.3) is 10.6 Å². The van der Waals surface area contributed by atoms with Crippen molar-refractivity contribution >= 4 is 17.2 Å². The van der Waals surface area contributed by atoms with Gasteiger partial charge < -0.3 is 15.4 Å². The predicted octanol–water partition coefficient (Wildman–Crippen LogP) is 3.16. The zero-order chi connectivity index (χ0) is 17.1. The number of amides is 1. The van der Waals surface area contributed by atoms with Crippen molar-refractivity contribution in [2.45, 2.75) is 38.8 Å². The van der Waals surface area contributed by atoms with E-state index in [1.807, 2.05) is 41.5 Å². The van der Waals surface area contributed by atoms with E-state index < -0.39 is 0 Å². The quantitative estimate of drug-likeness (QED) is 0.924. The smallest absolute Gasteiger partial charge is 0.273 e. The fourth-order valence-electron chi connectivity index (χ4n) is 3.02. The van der Waals surface area contributed by atoms with Crippen LogP contribution in [0.2, 0.25) is 0 Å². The largest absolute Gasteiger partial charge is 0.494 e. The third kappa shape index (κ3) is 3.60. The normalized spacial score (nSPS) is 20.9. The van der Waals surface area contributed by atoms with Gasteiger partial charge in [0.25, 0.3) is 5.91 Å². The molecule has 1 aromatic heterocycles. The van der Waals surface area contributed by atoms with Gasteiger partial charge in [0.2, 0.25) is 0 Å². The first-order valence-corrected chi connectivity index (χ1v) is 9.21. The standard InChI is InChI=1S/C18H23N3O2S/c1-3-23-15-6-4-13(5-7-15)17-20-16(11-24-17)18(22)21-9-8-14(19)10-12(21)2/h4-7,11-12,14H,3,8-10,19H2,1-2H3/t12-,14+/m0/s1. The van der Waals surface area contributed by atoms with Gasteiger partial charge in [-0.1, -0.05) is 0 Å². The maximum Gasteiger partial charge on any atom is 0.273 e. The summed E-state index contributed by atoms with van der Waals surface area (Å²) in [4.78, 5) is 19.1. The third-order valence-electron chi connectivity index (χ3n) is 4.31. The van der Waals surface area contributed by atoms with Gasteiger partial charge in [0.15, 0.2) is 0 Å². The molecule has 2 atom stereocenters. The number of piperidine rings is 1. The molecule has 0 radical (unpaired) electrons. The maximum atomic E-state index is 12.7. The Balaban J connectivity index is 1.74. The van der Waals surface area contributed by atoms with E-state index in [1.165, 1.54) is 11.3 Å². The van der Waals surface area contributed by atoms with Crippen LogP contribution in [0, 0.1) is 0 Å². The van der Waals surface area contributed by atoms with Gasteiger partial charge in [-0.05, 0) is 51.0 Å². The van der Waals surface area contributed by atoms with Crippen molar-refractivity contribution in [3.8, 4) is 16.3 Å². The van der Waals surface area contributed by atoms with E-state index in [2.05, 4.69) is 11.9 Å². The Bertz CT molecular complexity index is 699. The lowest BCUT2D eigenvalue weighted by Crippen LogP contribution is -2.48. The first-order valence-electron chi connectivity index (χ1n) is 8.33. The molecule has 6 heteroatoms. The lowest BCUT2D eigenvalue weighted by molar-refractivity contribution is 0.0614. The lowest BCUT2D eigenvalue weighted by atomic mass is 9.99. The highest BCUT2D eigenvalue weighted by atomic mass is 32.1. The van der Waals surface area contributed by atoms with Crippen LogP contribution in [0.5, 0.6) is 5.75 Å². The maximum absolute atomic E-state index is 12.7. The van der Waals surface area contributed by atoms with Gasteiger partial charge in [-0.15, -0.1) is 11.3 Å². The average Bonchev–Trinajstić information content (AvgIpc) is 3.05. The number of aromatic nitrogens is 1. The predicted molar refractivity (Wildman–Crippen MR) is 96.4 cm³/mol. The Morgan fingerprint density at radius 3 is 2.83 bits per heavy atom. The monoisotopic (exact) mass is 345 g/mol. The van der Waals surface area contributed by atoms with Gasteiger partial charge in [0.05, 0.1) is 6.61 Å². The Hall–Kier alpha value is -1.92. The number of ether oxygens (including phenoxy) is 1. The summed E-state index contributed by atoms with van der Waals surface area (Å²) >= 11 is 1.49. The molecule has 2 heterocycles. The molecule has 0 aliphatic carbocycles. The molecule has 24 heavy (non-hydrogen) atoms. The van der Waals surface area contributed by atoms with E-state index in [0.29, 0.717) is 18.8 Å². The highest BCUT2D eigenvalue weighted by Gasteiger charge is 2.29. The van der Waals surface area contributed by atoms with Gasteiger partial charge >= 0.3 is 0 Å². The van der Waals surface area contributed by atoms with Crippen LogP contribution in [0.15, 0.2) is 29.6 Å². The van der Waals surface area contributed by atoms with E-state index in [9.17, 15) is 4.79 Å². The lowest BCUT2D eigenvalue weighted by Gasteiger charge is -2.35. The fourth-order valence-corrected chi connectivity index (χ4v) is 3.82. The number of nitrogens with two attached hydrogens (primary N) is 1. The molecule has 3 rings (SSSR count). The number of nitrogens with zero attached hydrogens (tertiary/aromatic N) is 2. The molecule has 0 bridgehead atoms. The summed E-state index contributed by atoms with van der Waals surface area (Å²) in [5.74, 6) is 0.843. The van der Waals surface area contributed by atoms with Crippen LogP contribution in [-0.4, -0.2) is 41.0 Å². The summed E-state index contributed by atoms with van der Waals surface area (Å²) in [6, 6.07) is 8.16. The number of carbonyl (C=O) groups is 1. The molecule has 1 aromatic carbocycles. The zero-order valence-electron chi connectivity index (χ0n) is 14.1. The van der Waals surface area contributed by atoms with Crippen molar-refractivity contribution in [2.24, 2.45) is 5.73 Å². The third-order valence-corrected chi connectivity index (χ3v) is 5.20. The number of hydrogen-bond acceptors (Lipinski definition) is 5. The van der Waals surface area contributed by atoms with E-state index >= 15 is 0 Å². The van der Waals surface area contributed by atoms with Crippen molar-refractivity contribution in [1.29, 1.82) is 0 Å². The Kier molecular flexibility index (Phi) is 5.16. The number of carbonyl (C=O) groups excluding carboxylic acids is 1. The molecule has 2 aromatic rings. The number of thiazole rings is 1. The van der Waals surface area contributed by atoms with Gasteiger partial charge in [0.1, 0.15) is 16.5 Å². The molecule has 128 valence electrons. The molecule has 0 saturated carbocycles. The van der Waals surface area contributed by atoms with Crippen molar-refractivity contribution < 1.29 is 9.53 Å². The Morgan fingerprint density at radius 2 is 2.17 bits per heavy atom. The van der Waals surface area contributed by atoms with E-state index in [-0.39, 0.29) is 18.0 Å². The van der Waals surface area contributed by atoms with Crippen LogP contribution < -0.4 is 10.5 Å². The van der Waals surface area contributed by atoms with Crippen molar-refractivity contribution in [3.63, 3.8) is 0 Å². The number of benzene rings is 1. The van der Waals surface area contributed by atoms with Crippen LogP contribution in [0.4, 0.5) is 0 Å². The fraction of sp³-hybridized carbons (Fsp3) is 0.444. The van der Waals surface area contributed by atoms with Crippen LogP contribution >= 0.6 is 11.3 Å². The second-order valence-corrected chi connectivity index (χ2v) is 6.99. The van der Waals surface area contributed by atoms with Crippen molar-refractivity contribution in [3.05, 3.63) is 35.3 Å². The molecule has 1 aliphatic rings. The molecule has 1 amide bonds. The SMILES string of the molecule is CCOc1ccc(-c2nc(C(=O)N3CC[C@@H](N)C[C@@H]3C)cs2)cc1. The van der Waals surface area contributed by atoms with E-state index in [0.717, 1.165) is 29.2 Å². The molecular weight excluding hydrogens is 322 g/mol. The Morgan fingerprint density at radius 1 is 1.42 bits per heavy atom. The first kappa shape index (κ1) is 16.9.